The highest BCUT2D eigenvalue weighted by Crippen LogP contribution is 2.06. The highest BCUT2D eigenvalue weighted by atomic mass is 19.1. The largest absolute Gasteiger partial charge is 0.320 e. The minimum Gasteiger partial charge on any atom is -0.320 e. The smallest absolute Gasteiger partial charge is 0.123 e. The molecule has 0 atom stereocenters. The number of nitrogens with two attached hydrogens (primary N) is 1. The summed E-state index contributed by atoms with van der Waals surface area (Å²) in [6.07, 6.45) is 3.48. The fraction of sp³-hybridized carbons (Fsp3) is 0.154. The highest BCUT2D eigenvalue weighted by Gasteiger charge is 1.99. The summed E-state index contributed by atoms with van der Waals surface area (Å²) in [6, 6.07) is 6.46. The summed E-state index contributed by atoms with van der Waals surface area (Å²) in [7, 11) is 0. The van der Waals surface area contributed by atoms with Crippen LogP contribution in [0.1, 0.15) is 11.1 Å². The lowest BCUT2D eigenvalue weighted by molar-refractivity contribution is 0.619. The van der Waals surface area contributed by atoms with Crippen molar-refractivity contribution in [1.82, 2.24) is 9.78 Å². The first-order chi connectivity index (χ1) is 8.28. The van der Waals surface area contributed by atoms with E-state index in [-0.39, 0.29) is 5.82 Å². The van der Waals surface area contributed by atoms with Crippen molar-refractivity contribution in [2.45, 2.75) is 6.54 Å². The van der Waals surface area contributed by atoms with Crippen LogP contribution in [0.25, 0.3) is 0 Å². The molecule has 0 fully saturated rings. The van der Waals surface area contributed by atoms with Crippen LogP contribution in [0, 0.1) is 17.7 Å². The molecule has 0 bridgehead atoms. The van der Waals surface area contributed by atoms with Gasteiger partial charge in [-0.15, -0.1) is 0 Å². The van der Waals surface area contributed by atoms with E-state index in [4.69, 9.17) is 5.73 Å². The maximum absolute atomic E-state index is 13.0. The van der Waals surface area contributed by atoms with E-state index < -0.39 is 0 Å². The maximum atomic E-state index is 13.0. The van der Waals surface area contributed by atoms with Gasteiger partial charge in [0.05, 0.1) is 24.8 Å². The van der Waals surface area contributed by atoms with Gasteiger partial charge in [-0.2, -0.15) is 5.10 Å². The van der Waals surface area contributed by atoms with Gasteiger partial charge in [0.2, 0.25) is 0 Å². The number of aromatic nitrogens is 2. The summed E-state index contributed by atoms with van der Waals surface area (Å²) in [5, 5.41) is 4.14. The molecule has 0 saturated heterocycles. The van der Waals surface area contributed by atoms with Crippen molar-refractivity contribution in [3.8, 4) is 11.8 Å². The van der Waals surface area contributed by atoms with Crippen LogP contribution in [0.3, 0.4) is 0 Å². The van der Waals surface area contributed by atoms with Crippen molar-refractivity contribution >= 4 is 0 Å². The third-order valence-corrected chi connectivity index (χ3v) is 2.20. The van der Waals surface area contributed by atoms with Gasteiger partial charge in [-0.1, -0.05) is 24.0 Å². The molecule has 0 unspecified atom stereocenters. The van der Waals surface area contributed by atoms with Gasteiger partial charge in [0.25, 0.3) is 0 Å². The molecule has 0 amide bonds. The lowest BCUT2D eigenvalue weighted by atomic mass is 10.2. The summed E-state index contributed by atoms with van der Waals surface area (Å²) in [5.74, 6) is 5.41. The van der Waals surface area contributed by atoms with Gasteiger partial charge in [-0.25, -0.2) is 4.39 Å². The first kappa shape index (κ1) is 11.4. The summed E-state index contributed by atoms with van der Waals surface area (Å²) >= 11 is 0. The first-order valence-corrected chi connectivity index (χ1v) is 5.24. The molecule has 2 N–H and O–H groups in total. The van der Waals surface area contributed by atoms with E-state index in [1.807, 2.05) is 12.3 Å². The Hall–Kier alpha value is -2.12. The summed E-state index contributed by atoms with van der Waals surface area (Å²) < 4.78 is 14.7. The number of rotatable bonds is 2. The third kappa shape index (κ3) is 3.16. The van der Waals surface area contributed by atoms with Crippen molar-refractivity contribution in [2.75, 3.05) is 6.54 Å². The van der Waals surface area contributed by atoms with Gasteiger partial charge >= 0.3 is 0 Å². The van der Waals surface area contributed by atoms with Gasteiger partial charge in [0, 0.05) is 6.20 Å². The van der Waals surface area contributed by atoms with Gasteiger partial charge in [0.15, 0.2) is 0 Å². The quantitative estimate of drug-likeness (QED) is 0.791. The third-order valence-electron chi connectivity index (χ3n) is 2.20. The van der Waals surface area contributed by atoms with Gasteiger partial charge in [-0.3, -0.25) is 4.68 Å². The zero-order valence-corrected chi connectivity index (χ0v) is 9.23. The number of nitrogens with zero attached hydrogens (tertiary/aromatic N) is 2. The SMILES string of the molecule is NCC#Cc1cnn(Cc2cccc(F)c2)c1. The lowest BCUT2D eigenvalue weighted by Gasteiger charge is -2.01. The predicted molar refractivity (Wildman–Crippen MR) is 63.7 cm³/mol. The summed E-state index contributed by atoms with van der Waals surface area (Å²) in [5.41, 5.74) is 6.96. The van der Waals surface area contributed by atoms with E-state index in [0.29, 0.717) is 13.1 Å². The van der Waals surface area contributed by atoms with Crippen LogP contribution in [0.2, 0.25) is 0 Å². The van der Waals surface area contributed by atoms with E-state index >= 15 is 0 Å². The van der Waals surface area contributed by atoms with Crippen LogP contribution < -0.4 is 5.73 Å². The predicted octanol–water partition coefficient (Wildman–Crippen LogP) is 1.38. The zero-order chi connectivity index (χ0) is 12.1. The molecule has 0 aliphatic carbocycles. The van der Waals surface area contributed by atoms with Crippen molar-refractivity contribution in [3.05, 3.63) is 53.6 Å². The number of hydrogen-bond donors (Lipinski definition) is 1. The van der Waals surface area contributed by atoms with Crippen molar-refractivity contribution in [2.24, 2.45) is 5.73 Å². The Kier molecular flexibility index (Phi) is 3.53. The number of halogens is 1. The second-order valence-electron chi connectivity index (χ2n) is 3.56. The molecule has 2 aromatic rings. The molecular formula is C13H12FN3. The Morgan fingerprint density at radius 2 is 2.29 bits per heavy atom. The van der Waals surface area contributed by atoms with Crippen LogP contribution in [0.5, 0.6) is 0 Å². The average molecular weight is 229 g/mol. The fourth-order valence-electron chi connectivity index (χ4n) is 1.49. The van der Waals surface area contributed by atoms with Crippen molar-refractivity contribution < 1.29 is 4.39 Å². The van der Waals surface area contributed by atoms with Crippen LogP contribution >= 0.6 is 0 Å². The van der Waals surface area contributed by atoms with Crippen LogP contribution in [-0.2, 0) is 6.54 Å². The second-order valence-corrected chi connectivity index (χ2v) is 3.56. The molecule has 4 heteroatoms. The summed E-state index contributed by atoms with van der Waals surface area (Å²) in [6.45, 7) is 0.858. The van der Waals surface area contributed by atoms with Crippen molar-refractivity contribution in [3.63, 3.8) is 0 Å². The van der Waals surface area contributed by atoms with Gasteiger partial charge < -0.3 is 5.73 Å². The van der Waals surface area contributed by atoms with E-state index in [1.165, 1.54) is 12.1 Å². The molecule has 2 rings (SSSR count). The van der Waals surface area contributed by atoms with Crippen LogP contribution in [0.15, 0.2) is 36.7 Å². The molecular weight excluding hydrogens is 217 g/mol. The van der Waals surface area contributed by atoms with E-state index in [0.717, 1.165) is 11.1 Å². The fourth-order valence-corrected chi connectivity index (χ4v) is 1.49. The van der Waals surface area contributed by atoms with Crippen LogP contribution in [-0.4, -0.2) is 16.3 Å². The number of benzene rings is 1. The first-order valence-electron chi connectivity index (χ1n) is 5.24. The van der Waals surface area contributed by atoms with Crippen molar-refractivity contribution in [1.29, 1.82) is 0 Å². The standard InChI is InChI=1S/C13H12FN3/c14-13-5-1-3-11(7-13)9-17-10-12(8-16-17)4-2-6-15/h1,3,5,7-8,10H,6,9,15H2. The molecule has 0 spiro atoms. The van der Waals surface area contributed by atoms with Gasteiger partial charge in [0.1, 0.15) is 5.82 Å². The van der Waals surface area contributed by atoms with E-state index in [1.54, 1.807) is 16.9 Å². The Morgan fingerprint density at radius 3 is 3.06 bits per heavy atom. The summed E-state index contributed by atoms with van der Waals surface area (Å²) in [4.78, 5) is 0. The molecule has 17 heavy (non-hydrogen) atoms. The van der Waals surface area contributed by atoms with E-state index in [2.05, 4.69) is 16.9 Å². The Labute approximate surface area is 99.1 Å². The zero-order valence-electron chi connectivity index (χ0n) is 9.23. The van der Waals surface area contributed by atoms with E-state index in [9.17, 15) is 4.39 Å². The van der Waals surface area contributed by atoms with Gasteiger partial charge in [-0.05, 0) is 17.7 Å². The highest BCUT2D eigenvalue weighted by molar-refractivity contribution is 5.30. The molecule has 0 aliphatic heterocycles. The second kappa shape index (κ2) is 5.28. The minimum absolute atomic E-state index is 0.238. The topological polar surface area (TPSA) is 43.8 Å². The lowest BCUT2D eigenvalue weighted by Crippen LogP contribution is -1.99. The Bertz CT molecular complexity index is 563. The minimum atomic E-state index is -0.238. The number of hydrogen-bond acceptors (Lipinski definition) is 2. The molecule has 1 heterocycles. The average Bonchev–Trinajstić information content (AvgIpc) is 2.74. The molecule has 0 aliphatic rings. The maximum Gasteiger partial charge on any atom is 0.123 e. The molecule has 1 aromatic heterocycles. The molecule has 0 saturated carbocycles. The Balaban J connectivity index is 2.11. The molecule has 86 valence electrons. The van der Waals surface area contributed by atoms with Crippen LogP contribution in [0.4, 0.5) is 4.39 Å². The molecule has 1 aromatic carbocycles. The molecule has 0 radical (unpaired) electrons. The molecule has 3 nitrogen and oxygen atoms in total. The monoisotopic (exact) mass is 229 g/mol. The Morgan fingerprint density at radius 1 is 1.41 bits per heavy atom. The normalized spacial score (nSPS) is 9.76.